The van der Waals surface area contributed by atoms with Gasteiger partial charge in [-0.2, -0.15) is 0 Å². The Morgan fingerprint density at radius 2 is 1.83 bits per heavy atom. The van der Waals surface area contributed by atoms with Crippen molar-refractivity contribution in [3.05, 3.63) is 48.0 Å². The number of nitrogens with one attached hydrogen (secondary N) is 2. The number of hydrogen-bond donors (Lipinski definition) is 2. The molecule has 3 aliphatic rings. The fraction of sp³-hybridized carbons (Fsp3) is 0.594. The predicted octanol–water partition coefficient (Wildman–Crippen LogP) is 3.21. The molecule has 2 heterocycles. The molecule has 1 saturated heterocycles. The Morgan fingerprint density at radius 3 is 2.57 bits per heavy atom. The number of Topliss-reactive ketones (excluding diaryl/α,β-unsaturated/α-hetero) is 1. The van der Waals surface area contributed by atoms with Gasteiger partial charge in [0, 0.05) is 39.4 Å². The van der Waals surface area contributed by atoms with Crippen molar-refractivity contribution in [3.63, 3.8) is 0 Å². The monoisotopic (exact) mass is 580 g/mol. The molecule has 1 saturated carbocycles. The summed E-state index contributed by atoms with van der Waals surface area (Å²) in [6.07, 6.45) is 8.14. The molecule has 228 valence electrons. The van der Waals surface area contributed by atoms with Gasteiger partial charge >= 0.3 is 6.09 Å². The Bertz CT molecular complexity index is 1180. The number of hydrogen-bond acceptors (Lipinski definition) is 6. The number of fused-ring (bicyclic) bond motifs is 2. The molecule has 1 aromatic carbocycles. The zero-order chi connectivity index (χ0) is 30.3. The second kappa shape index (κ2) is 14.0. The normalized spacial score (nSPS) is 28.8. The molecule has 0 radical (unpaired) electrons. The fourth-order valence-corrected chi connectivity index (χ4v) is 5.99. The zero-order valence-corrected chi connectivity index (χ0v) is 25.0. The molecule has 10 nitrogen and oxygen atoms in total. The van der Waals surface area contributed by atoms with Gasteiger partial charge in [-0.15, -0.1) is 0 Å². The van der Waals surface area contributed by atoms with E-state index in [0.29, 0.717) is 13.0 Å². The van der Waals surface area contributed by atoms with E-state index in [1.54, 1.807) is 19.0 Å². The van der Waals surface area contributed by atoms with Crippen molar-refractivity contribution < 1.29 is 28.7 Å². The highest BCUT2D eigenvalue weighted by Crippen LogP contribution is 2.57. The van der Waals surface area contributed by atoms with Crippen molar-refractivity contribution in [1.29, 1.82) is 0 Å². The van der Waals surface area contributed by atoms with Crippen molar-refractivity contribution in [2.45, 2.75) is 77.0 Å². The molecular formula is C32H44N4O6. The number of ether oxygens (including phenoxy) is 1. The molecular weight excluding hydrogens is 536 g/mol. The van der Waals surface area contributed by atoms with Crippen LogP contribution in [0, 0.1) is 17.3 Å². The van der Waals surface area contributed by atoms with E-state index in [1.165, 1.54) is 4.90 Å². The topological polar surface area (TPSA) is 125 Å². The van der Waals surface area contributed by atoms with Gasteiger partial charge < -0.3 is 25.2 Å². The zero-order valence-electron chi connectivity index (χ0n) is 25.0. The average Bonchev–Trinajstić information content (AvgIpc) is 3.50. The van der Waals surface area contributed by atoms with E-state index in [9.17, 15) is 24.0 Å². The Morgan fingerprint density at radius 1 is 1.07 bits per heavy atom. The predicted molar refractivity (Wildman–Crippen MR) is 157 cm³/mol. The standard InChI is InChI=1S/C32H44N4O6/c1-22-12-8-5-4-6-11-15-24-17-32(24,30(40)34-20-28(38)33-19-23-13-9-7-10-14-23)18-27(37)26-16-25(21-36(26)29(22)39)42-31(41)35(2)3/h7,9-11,13-15,22,24-26H,4-6,8,12,16-21H2,1-3H3,(H,33,38)(H,34,40)/b15-11-/t22-,24+,25+,26-,32+/m0/s1. The highest BCUT2D eigenvalue weighted by Gasteiger charge is 2.60. The molecule has 4 rings (SSSR count). The number of carbonyl (C=O) groups is 5. The molecule has 10 heteroatoms. The van der Waals surface area contributed by atoms with E-state index in [4.69, 9.17) is 4.74 Å². The molecule has 1 aromatic rings. The second-order valence-corrected chi connectivity index (χ2v) is 12.2. The van der Waals surface area contributed by atoms with Gasteiger partial charge in [-0.25, -0.2) is 4.79 Å². The van der Waals surface area contributed by atoms with Crippen LogP contribution in [0.4, 0.5) is 4.79 Å². The summed E-state index contributed by atoms with van der Waals surface area (Å²) < 4.78 is 5.58. The van der Waals surface area contributed by atoms with Crippen LogP contribution in [0.25, 0.3) is 0 Å². The number of nitrogens with zero attached hydrogens (tertiary/aromatic N) is 2. The fourth-order valence-electron chi connectivity index (χ4n) is 5.99. The highest BCUT2D eigenvalue weighted by atomic mass is 16.6. The Balaban J connectivity index is 1.47. The van der Waals surface area contributed by atoms with Crippen molar-refractivity contribution in [2.24, 2.45) is 17.3 Å². The molecule has 2 N–H and O–H groups in total. The van der Waals surface area contributed by atoms with Gasteiger partial charge in [0.15, 0.2) is 5.78 Å². The van der Waals surface area contributed by atoms with Crippen LogP contribution in [0.5, 0.6) is 0 Å². The van der Waals surface area contributed by atoms with E-state index >= 15 is 0 Å². The maximum absolute atomic E-state index is 13.9. The first-order valence-corrected chi connectivity index (χ1v) is 15.1. The second-order valence-electron chi connectivity index (χ2n) is 12.2. The first kappa shape index (κ1) is 31.3. The average molecular weight is 581 g/mol. The van der Waals surface area contributed by atoms with Gasteiger partial charge in [-0.1, -0.05) is 62.2 Å². The summed E-state index contributed by atoms with van der Waals surface area (Å²) in [5, 5.41) is 5.58. The maximum atomic E-state index is 13.9. The number of ketones is 1. The van der Waals surface area contributed by atoms with Gasteiger partial charge in [0.05, 0.1) is 24.5 Å². The van der Waals surface area contributed by atoms with Crippen LogP contribution in [0.1, 0.15) is 63.9 Å². The SMILES string of the molecule is C[C@H]1CCCCC/C=C\[C@@H]2C[C@@]2(C(=O)NCC(=O)NCc2ccccc2)CC(=O)[C@@H]2C[C@@H](OC(=O)N(C)C)CN2C1=O. The van der Waals surface area contributed by atoms with E-state index in [1.807, 2.05) is 43.3 Å². The summed E-state index contributed by atoms with van der Waals surface area (Å²) in [4.78, 5) is 68.5. The van der Waals surface area contributed by atoms with Crippen molar-refractivity contribution in [2.75, 3.05) is 27.2 Å². The number of rotatable bonds is 6. The van der Waals surface area contributed by atoms with E-state index < -0.39 is 23.7 Å². The van der Waals surface area contributed by atoms with Crippen LogP contribution in [0.3, 0.4) is 0 Å². The third-order valence-electron chi connectivity index (χ3n) is 8.67. The van der Waals surface area contributed by atoms with Gasteiger partial charge in [0.25, 0.3) is 0 Å². The maximum Gasteiger partial charge on any atom is 0.409 e. The smallest absolute Gasteiger partial charge is 0.409 e. The Hall–Kier alpha value is -3.69. The lowest BCUT2D eigenvalue weighted by molar-refractivity contribution is -0.142. The summed E-state index contributed by atoms with van der Waals surface area (Å²) in [6, 6.07) is 8.73. The molecule has 0 bridgehead atoms. The first-order chi connectivity index (χ1) is 20.1. The van der Waals surface area contributed by atoms with Gasteiger partial charge in [-0.05, 0) is 37.2 Å². The van der Waals surface area contributed by atoms with Gasteiger partial charge in [0.2, 0.25) is 17.7 Å². The molecule has 0 spiro atoms. The molecule has 0 aromatic heterocycles. The van der Waals surface area contributed by atoms with Crippen LogP contribution in [0.2, 0.25) is 0 Å². The van der Waals surface area contributed by atoms with Crippen LogP contribution in [-0.4, -0.2) is 78.7 Å². The van der Waals surface area contributed by atoms with Crippen LogP contribution >= 0.6 is 0 Å². The molecule has 42 heavy (non-hydrogen) atoms. The summed E-state index contributed by atoms with van der Waals surface area (Å²) in [5.74, 6) is -1.36. The van der Waals surface area contributed by atoms with Crippen LogP contribution < -0.4 is 10.6 Å². The lowest BCUT2D eigenvalue weighted by atomic mass is 9.90. The summed E-state index contributed by atoms with van der Waals surface area (Å²) >= 11 is 0. The Labute approximate surface area is 248 Å². The number of benzene rings is 1. The minimum atomic E-state index is -0.966. The Kier molecular flexibility index (Phi) is 10.4. The molecule has 2 fully saturated rings. The van der Waals surface area contributed by atoms with Crippen molar-refractivity contribution >= 4 is 29.6 Å². The van der Waals surface area contributed by atoms with Crippen LogP contribution in [0.15, 0.2) is 42.5 Å². The molecule has 2 aliphatic heterocycles. The minimum absolute atomic E-state index is 0.0450. The summed E-state index contributed by atoms with van der Waals surface area (Å²) in [6.45, 7) is 2.21. The molecule has 5 atom stereocenters. The quantitative estimate of drug-likeness (QED) is 0.498. The number of amides is 4. The van der Waals surface area contributed by atoms with Crippen molar-refractivity contribution in [3.8, 4) is 0 Å². The summed E-state index contributed by atoms with van der Waals surface area (Å²) in [7, 11) is 3.17. The van der Waals surface area contributed by atoms with E-state index in [0.717, 1.165) is 37.7 Å². The summed E-state index contributed by atoms with van der Waals surface area (Å²) in [5.41, 5.74) is -0.0122. The van der Waals surface area contributed by atoms with E-state index in [-0.39, 0.29) is 61.3 Å². The lowest BCUT2D eigenvalue weighted by Gasteiger charge is -2.27. The van der Waals surface area contributed by atoms with Gasteiger partial charge in [0.1, 0.15) is 6.10 Å². The number of allylic oxidation sites excluding steroid dienone is 2. The molecule has 4 amide bonds. The van der Waals surface area contributed by atoms with Crippen molar-refractivity contribution in [1.82, 2.24) is 20.4 Å². The lowest BCUT2D eigenvalue weighted by Crippen LogP contribution is -2.46. The largest absolute Gasteiger partial charge is 0.444 e. The number of carbonyl (C=O) groups excluding carboxylic acids is 5. The minimum Gasteiger partial charge on any atom is -0.444 e. The van der Waals surface area contributed by atoms with Gasteiger partial charge in [-0.3, -0.25) is 19.2 Å². The van der Waals surface area contributed by atoms with E-state index in [2.05, 4.69) is 16.7 Å². The highest BCUT2D eigenvalue weighted by molar-refractivity contribution is 5.97. The first-order valence-electron chi connectivity index (χ1n) is 15.1. The van der Waals surface area contributed by atoms with Crippen LogP contribution in [-0.2, 0) is 30.5 Å². The molecule has 0 unspecified atom stereocenters. The third kappa shape index (κ3) is 7.77. The third-order valence-corrected chi connectivity index (χ3v) is 8.67. The molecule has 1 aliphatic carbocycles.